The Labute approximate surface area is 188 Å². The highest BCUT2D eigenvalue weighted by atomic mass is 32.1. The lowest BCUT2D eigenvalue weighted by molar-refractivity contribution is 0.269. The van der Waals surface area contributed by atoms with E-state index in [2.05, 4.69) is 71.9 Å². The molecule has 0 spiro atoms. The van der Waals surface area contributed by atoms with Crippen molar-refractivity contribution < 1.29 is 9.53 Å². The van der Waals surface area contributed by atoms with Crippen LogP contribution in [0, 0.1) is 0 Å². The Kier molecular flexibility index (Phi) is 7.57. The Morgan fingerprint density at radius 3 is 1.55 bits per heavy atom. The van der Waals surface area contributed by atoms with E-state index < -0.39 is 8.32 Å². The van der Waals surface area contributed by atoms with Crippen LogP contribution < -0.4 is 0 Å². The van der Waals surface area contributed by atoms with E-state index in [0.29, 0.717) is 16.6 Å². The third-order valence-corrected chi connectivity index (χ3v) is 15.4. The molecule has 6 heteroatoms. The largest absolute Gasteiger partial charge is 0.411 e. The molecule has 3 heterocycles. The quantitative estimate of drug-likeness (QED) is 0.322. The summed E-state index contributed by atoms with van der Waals surface area (Å²) in [6, 6.07) is 13.0. The lowest BCUT2D eigenvalue weighted by Gasteiger charge is -2.42. The summed E-state index contributed by atoms with van der Waals surface area (Å²) < 4.78 is 6.77. The summed E-state index contributed by atoms with van der Waals surface area (Å²) in [6.45, 7) is 14.9. The van der Waals surface area contributed by atoms with Gasteiger partial charge in [-0.1, -0.05) is 41.5 Å². The molecule has 2 nitrogen and oxygen atoms in total. The third kappa shape index (κ3) is 4.78. The van der Waals surface area contributed by atoms with Crippen molar-refractivity contribution in [1.82, 2.24) is 0 Å². The van der Waals surface area contributed by atoms with Crippen LogP contribution >= 0.6 is 34.0 Å². The zero-order valence-corrected chi connectivity index (χ0v) is 21.6. The van der Waals surface area contributed by atoms with Crippen LogP contribution in [0.1, 0.15) is 51.3 Å². The maximum Gasteiger partial charge on any atom is 0.200 e. The van der Waals surface area contributed by atoms with Crippen molar-refractivity contribution >= 4 is 42.3 Å². The molecule has 0 saturated carbocycles. The number of aliphatic hydroxyl groups excluding tert-OH is 1. The molecule has 29 heavy (non-hydrogen) atoms. The first-order chi connectivity index (χ1) is 13.8. The van der Waals surface area contributed by atoms with E-state index in [4.69, 9.17) is 4.43 Å². The van der Waals surface area contributed by atoms with Gasteiger partial charge in [-0.2, -0.15) is 0 Å². The predicted octanol–water partition coefficient (Wildman–Crippen LogP) is 8.39. The van der Waals surface area contributed by atoms with Gasteiger partial charge >= 0.3 is 0 Å². The van der Waals surface area contributed by atoms with Crippen molar-refractivity contribution in [1.29, 1.82) is 0 Å². The summed E-state index contributed by atoms with van der Waals surface area (Å²) in [4.78, 5) is 7.43. The highest BCUT2D eigenvalue weighted by Gasteiger charge is 2.45. The maximum absolute atomic E-state index is 9.30. The first kappa shape index (κ1) is 22.9. The van der Waals surface area contributed by atoms with Gasteiger partial charge in [-0.05, 0) is 53.0 Å². The molecule has 3 aromatic heterocycles. The van der Waals surface area contributed by atoms with Gasteiger partial charge in [0.1, 0.15) is 0 Å². The molecular weight excluding hydrogens is 433 g/mol. The van der Waals surface area contributed by atoms with Crippen LogP contribution in [0.25, 0.3) is 19.5 Å². The molecule has 0 unspecified atom stereocenters. The fourth-order valence-corrected chi connectivity index (χ4v) is 13.0. The topological polar surface area (TPSA) is 29.5 Å². The molecule has 158 valence electrons. The van der Waals surface area contributed by atoms with E-state index in [1.54, 1.807) is 11.3 Å². The molecule has 0 fully saturated rings. The van der Waals surface area contributed by atoms with Gasteiger partial charge < -0.3 is 9.53 Å². The minimum Gasteiger partial charge on any atom is -0.411 e. The second-order valence-corrected chi connectivity index (χ2v) is 17.3. The molecule has 3 rings (SSSR count). The van der Waals surface area contributed by atoms with Crippen LogP contribution in [0.3, 0.4) is 0 Å². The Bertz CT molecular complexity index is 898. The van der Waals surface area contributed by atoms with Gasteiger partial charge in [-0.15, -0.1) is 34.0 Å². The number of hydrogen-bond acceptors (Lipinski definition) is 5. The molecule has 3 aromatic rings. The monoisotopic (exact) mass is 464 g/mol. The molecule has 0 atom stereocenters. The number of hydrogen-bond donors (Lipinski definition) is 1. The number of rotatable bonds is 9. The van der Waals surface area contributed by atoms with Gasteiger partial charge in [-0.3, -0.25) is 0 Å². The van der Waals surface area contributed by atoms with Crippen LogP contribution in [0.2, 0.25) is 16.6 Å². The third-order valence-electron chi connectivity index (χ3n) is 5.74. The molecular formula is C23H32O2S3Si. The molecule has 0 aliphatic rings. The Balaban J connectivity index is 1.74. The van der Waals surface area contributed by atoms with Gasteiger partial charge in [-0.25, -0.2) is 0 Å². The van der Waals surface area contributed by atoms with E-state index in [1.165, 1.54) is 24.4 Å². The van der Waals surface area contributed by atoms with E-state index >= 15 is 0 Å². The van der Waals surface area contributed by atoms with E-state index in [0.717, 1.165) is 11.5 Å². The van der Waals surface area contributed by atoms with Crippen molar-refractivity contribution in [3.63, 3.8) is 0 Å². The van der Waals surface area contributed by atoms with Gasteiger partial charge in [0.05, 0.1) is 13.2 Å². The maximum atomic E-state index is 9.30. The summed E-state index contributed by atoms with van der Waals surface area (Å²) in [5.74, 6) is 0. The minimum absolute atomic E-state index is 0.116. The SMILES string of the molecule is CC(C)[Si](OCc1ccc(-c2ccc(-c3ccc(CO)s3)s2)s1)(C(C)C)C(C)C. The second-order valence-electron chi connectivity index (χ2n) is 8.46. The normalized spacial score (nSPS) is 12.6. The average molecular weight is 465 g/mol. The summed E-state index contributed by atoms with van der Waals surface area (Å²) >= 11 is 5.34. The highest BCUT2D eigenvalue weighted by molar-refractivity contribution is 7.26. The zero-order valence-electron chi connectivity index (χ0n) is 18.2. The number of aliphatic hydroxyl groups is 1. The summed E-state index contributed by atoms with van der Waals surface area (Å²) in [6.07, 6.45) is 0. The fourth-order valence-electron chi connectivity index (χ4n) is 4.48. The van der Waals surface area contributed by atoms with Crippen LogP contribution in [0.5, 0.6) is 0 Å². The molecule has 1 N–H and O–H groups in total. The van der Waals surface area contributed by atoms with Crippen LogP contribution in [0.15, 0.2) is 36.4 Å². The van der Waals surface area contributed by atoms with Crippen molar-refractivity contribution in [3.8, 4) is 19.5 Å². The van der Waals surface area contributed by atoms with Gasteiger partial charge in [0, 0.05) is 29.3 Å². The molecule has 0 radical (unpaired) electrons. The molecule has 0 bridgehead atoms. The van der Waals surface area contributed by atoms with Crippen molar-refractivity contribution in [2.24, 2.45) is 0 Å². The summed E-state index contributed by atoms with van der Waals surface area (Å²) in [7, 11) is -1.83. The van der Waals surface area contributed by atoms with Crippen LogP contribution in [0.4, 0.5) is 0 Å². The summed E-state index contributed by atoms with van der Waals surface area (Å²) in [5.41, 5.74) is 1.82. The smallest absolute Gasteiger partial charge is 0.200 e. The second kappa shape index (κ2) is 9.58. The molecule has 0 saturated heterocycles. The number of thiophene rings is 3. The Morgan fingerprint density at radius 1 is 0.690 bits per heavy atom. The first-order valence-electron chi connectivity index (χ1n) is 10.3. The van der Waals surface area contributed by atoms with Crippen molar-refractivity contribution in [2.45, 2.75) is 71.4 Å². The predicted molar refractivity (Wildman–Crippen MR) is 133 cm³/mol. The zero-order chi connectivity index (χ0) is 21.2. The van der Waals surface area contributed by atoms with Gasteiger partial charge in [0.25, 0.3) is 0 Å². The molecule has 0 aromatic carbocycles. The molecule has 0 amide bonds. The fraction of sp³-hybridized carbons (Fsp3) is 0.478. The lowest BCUT2D eigenvalue weighted by atomic mass is 10.3. The molecule has 0 aliphatic carbocycles. The minimum atomic E-state index is -1.83. The standard InChI is InChI=1S/C23H32O2S3Si/c1-15(2)29(16(3)4,17(5)6)25-14-19-8-10-21(27-19)23-12-11-22(28-23)20-9-7-18(13-24)26-20/h7-12,15-17,24H,13-14H2,1-6H3. The average Bonchev–Trinajstić information content (AvgIpc) is 3.40. The molecule has 0 aliphatic heterocycles. The highest BCUT2D eigenvalue weighted by Crippen LogP contribution is 2.44. The summed E-state index contributed by atoms with van der Waals surface area (Å²) in [5, 5.41) is 9.30. The van der Waals surface area contributed by atoms with Crippen LogP contribution in [-0.2, 0) is 17.6 Å². The van der Waals surface area contributed by atoms with Gasteiger partial charge in [0.15, 0.2) is 0 Å². The van der Waals surface area contributed by atoms with E-state index in [1.807, 2.05) is 28.7 Å². The van der Waals surface area contributed by atoms with E-state index in [9.17, 15) is 5.11 Å². The lowest BCUT2D eigenvalue weighted by Crippen LogP contribution is -2.47. The van der Waals surface area contributed by atoms with E-state index in [-0.39, 0.29) is 6.61 Å². The van der Waals surface area contributed by atoms with Gasteiger partial charge in [0.2, 0.25) is 8.32 Å². The van der Waals surface area contributed by atoms with Crippen molar-refractivity contribution in [3.05, 3.63) is 46.2 Å². The van der Waals surface area contributed by atoms with Crippen LogP contribution in [-0.4, -0.2) is 13.4 Å². The first-order valence-corrected chi connectivity index (χ1v) is 14.9. The Hall–Kier alpha value is -0.763. The Morgan fingerprint density at radius 2 is 1.10 bits per heavy atom. The van der Waals surface area contributed by atoms with Crippen molar-refractivity contribution in [2.75, 3.05) is 0 Å².